The molecule has 0 heterocycles. The molecule has 2 unspecified atom stereocenters. The molecule has 0 saturated heterocycles. The number of hydrogen-bond donors (Lipinski definition) is 1. The van der Waals surface area contributed by atoms with E-state index in [0.717, 1.165) is 18.6 Å². The van der Waals surface area contributed by atoms with Crippen molar-refractivity contribution in [1.29, 1.82) is 0 Å². The summed E-state index contributed by atoms with van der Waals surface area (Å²) in [6, 6.07) is 5.39. The molecule has 0 amide bonds. The van der Waals surface area contributed by atoms with Gasteiger partial charge in [0.15, 0.2) is 0 Å². The topological polar surface area (TPSA) is 35.2 Å². The molecule has 0 aromatic heterocycles. The monoisotopic (exact) mass is 273 g/mol. The number of halogens is 2. The van der Waals surface area contributed by atoms with Crippen molar-refractivity contribution in [3.8, 4) is 5.75 Å². The van der Waals surface area contributed by atoms with Gasteiger partial charge in [-0.1, -0.05) is 29.6 Å². The third kappa shape index (κ3) is 3.27. The Labute approximate surface area is 112 Å². The summed E-state index contributed by atoms with van der Waals surface area (Å²) in [5, 5.41) is 1.09. The van der Waals surface area contributed by atoms with Gasteiger partial charge in [0.2, 0.25) is 0 Å². The second-order valence-electron chi connectivity index (χ2n) is 4.51. The molecule has 2 nitrogen and oxygen atoms in total. The maximum atomic E-state index is 5.97. The molecule has 1 aromatic rings. The van der Waals surface area contributed by atoms with Crippen LogP contribution in [0.25, 0.3) is 0 Å². The summed E-state index contributed by atoms with van der Waals surface area (Å²) < 4.78 is 5.97. The summed E-state index contributed by atoms with van der Waals surface area (Å²) in [5.41, 5.74) is 5.77. The highest BCUT2D eigenvalue weighted by atomic mass is 35.5. The van der Waals surface area contributed by atoms with Crippen LogP contribution in [-0.2, 0) is 0 Å². The predicted octanol–water partition coefficient (Wildman–Crippen LogP) is 3.89. The molecule has 94 valence electrons. The average molecular weight is 274 g/mol. The van der Waals surface area contributed by atoms with Gasteiger partial charge in [-0.05, 0) is 37.9 Å². The van der Waals surface area contributed by atoms with E-state index in [1.165, 1.54) is 12.8 Å². The first-order valence-electron chi connectivity index (χ1n) is 6.02. The number of hydrogen-bond acceptors (Lipinski definition) is 2. The molecule has 1 aliphatic rings. The minimum atomic E-state index is 0.214. The summed E-state index contributed by atoms with van der Waals surface area (Å²) in [6.07, 6.45) is 4.90. The van der Waals surface area contributed by atoms with Crippen molar-refractivity contribution in [2.75, 3.05) is 6.54 Å². The van der Waals surface area contributed by atoms with E-state index in [4.69, 9.17) is 33.7 Å². The fourth-order valence-corrected chi connectivity index (χ4v) is 2.61. The second-order valence-corrected chi connectivity index (χ2v) is 5.33. The smallest absolute Gasteiger partial charge is 0.121 e. The fourth-order valence-electron chi connectivity index (χ4n) is 2.32. The van der Waals surface area contributed by atoms with Crippen molar-refractivity contribution in [3.05, 3.63) is 28.2 Å². The van der Waals surface area contributed by atoms with Gasteiger partial charge < -0.3 is 10.5 Å². The lowest BCUT2D eigenvalue weighted by molar-refractivity contribution is 0.0970. The standard InChI is InChI=1S/C13H17Cl2NO/c14-11-6-5-10(7-12(11)15)17-13-4-2-1-3-9(13)8-16/h5-7,9,13H,1-4,8,16H2. The second kappa shape index (κ2) is 5.94. The van der Waals surface area contributed by atoms with Crippen molar-refractivity contribution in [2.45, 2.75) is 31.8 Å². The first kappa shape index (κ1) is 13.0. The summed E-state index contributed by atoms with van der Waals surface area (Å²) >= 11 is 11.8. The predicted molar refractivity (Wildman–Crippen MR) is 71.9 cm³/mol. The Morgan fingerprint density at radius 3 is 2.65 bits per heavy atom. The van der Waals surface area contributed by atoms with Crippen molar-refractivity contribution < 1.29 is 4.74 Å². The van der Waals surface area contributed by atoms with Crippen LogP contribution in [0.15, 0.2) is 18.2 Å². The quantitative estimate of drug-likeness (QED) is 0.907. The lowest BCUT2D eigenvalue weighted by atomic mass is 9.86. The van der Waals surface area contributed by atoms with Crippen LogP contribution in [0.1, 0.15) is 25.7 Å². The Balaban J connectivity index is 2.05. The van der Waals surface area contributed by atoms with Crippen molar-refractivity contribution in [3.63, 3.8) is 0 Å². The SMILES string of the molecule is NCC1CCCCC1Oc1ccc(Cl)c(Cl)c1. The molecule has 0 bridgehead atoms. The van der Waals surface area contributed by atoms with Gasteiger partial charge in [-0.15, -0.1) is 0 Å². The van der Waals surface area contributed by atoms with Gasteiger partial charge in [-0.25, -0.2) is 0 Å². The van der Waals surface area contributed by atoms with E-state index in [1.807, 2.05) is 6.07 Å². The van der Waals surface area contributed by atoms with Gasteiger partial charge in [-0.3, -0.25) is 0 Å². The number of nitrogens with two attached hydrogens (primary N) is 1. The summed E-state index contributed by atoms with van der Waals surface area (Å²) in [5.74, 6) is 1.24. The molecule has 2 N–H and O–H groups in total. The van der Waals surface area contributed by atoms with E-state index in [1.54, 1.807) is 12.1 Å². The molecule has 2 rings (SSSR count). The van der Waals surface area contributed by atoms with Crippen LogP contribution in [0, 0.1) is 5.92 Å². The average Bonchev–Trinajstić information content (AvgIpc) is 2.34. The molecule has 0 radical (unpaired) electrons. The molecule has 1 aliphatic carbocycles. The van der Waals surface area contributed by atoms with Crippen LogP contribution < -0.4 is 10.5 Å². The normalized spacial score (nSPS) is 24.6. The van der Waals surface area contributed by atoms with E-state index >= 15 is 0 Å². The molecule has 4 heteroatoms. The zero-order valence-corrected chi connectivity index (χ0v) is 11.2. The first-order valence-corrected chi connectivity index (χ1v) is 6.78. The maximum absolute atomic E-state index is 5.97. The fraction of sp³-hybridized carbons (Fsp3) is 0.538. The third-order valence-electron chi connectivity index (χ3n) is 3.32. The molecule has 1 saturated carbocycles. The van der Waals surface area contributed by atoms with Crippen LogP contribution in [-0.4, -0.2) is 12.6 Å². The minimum absolute atomic E-state index is 0.214. The van der Waals surface area contributed by atoms with E-state index < -0.39 is 0 Å². The third-order valence-corrected chi connectivity index (χ3v) is 4.06. The van der Waals surface area contributed by atoms with Crippen LogP contribution in [0.4, 0.5) is 0 Å². The first-order chi connectivity index (χ1) is 8.20. The minimum Gasteiger partial charge on any atom is -0.490 e. The van der Waals surface area contributed by atoms with Crippen LogP contribution >= 0.6 is 23.2 Å². The van der Waals surface area contributed by atoms with Gasteiger partial charge in [0.25, 0.3) is 0 Å². The number of benzene rings is 1. The Bertz CT molecular complexity index is 384. The summed E-state index contributed by atoms with van der Waals surface area (Å²) in [6.45, 7) is 0.686. The lowest BCUT2D eigenvalue weighted by Gasteiger charge is -2.31. The lowest BCUT2D eigenvalue weighted by Crippen LogP contribution is -2.35. The Morgan fingerprint density at radius 2 is 1.94 bits per heavy atom. The summed E-state index contributed by atoms with van der Waals surface area (Å²) in [7, 11) is 0. The van der Waals surface area contributed by atoms with Crippen LogP contribution in [0.3, 0.4) is 0 Å². The molecule has 2 atom stereocenters. The highest BCUT2D eigenvalue weighted by Gasteiger charge is 2.25. The molecule has 1 aromatic carbocycles. The van der Waals surface area contributed by atoms with Crippen molar-refractivity contribution in [2.24, 2.45) is 11.7 Å². The molecule has 17 heavy (non-hydrogen) atoms. The number of rotatable bonds is 3. The van der Waals surface area contributed by atoms with Gasteiger partial charge in [0.05, 0.1) is 10.0 Å². The Kier molecular flexibility index (Phi) is 4.55. The van der Waals surface area contributed by atoms with Crippen LogP contribution in [0.2, 0.25) is 10.0 Å². The van der Waals surface area contributed by atoms with E-state index in [-0.39, 0.29) is 6.10 Å². The molecule has 0 spiro atoms. The summed E-state index contributed by atoms with van der Waals surface area (Å²) in [4.78, 5) is 0. The Hall–Kier alpha value is -0.440. The molecule has 0 aliphatic heterocycles. The van der Waals surface area contributed by atoms with Crippen LogP contribution in [0.5, 0.6) is 5.75 Å². The van der Waals surface area contributed by atoms with Gasteiger partial charge in [0.1, 0.15) is 11.9 Å². The Morgan fingerprint density at radius 1 is 1.18 bits per heavy atom. The number of ether oxygens (including phenoxy) is 1. The molecular weight excluding hydrogens is 257 g/mol. The van der Waals surface area contributed by atoms with Gasteiger partial charge in [0, 0.05) is 12.0 Å². The highest BCUT2D eigenvalue weighted by molar-refractivity contribution is 6.42. The van der Waals surface area contributed by atoms with E-state index in [2.05, 4.69) is 0 Å². The van der Waals surface area contributed by atoms with Gasteiger partial charge >= 0.3 is 0 Å². The van der Waals surface area contributed by atoms with Crippen molar-refractivity contribution >= 4 is 23.2 Å². The largest absolute Gasteiger partial charge is 0.490 e. The van der Waals surface area contributed by atoms with E-state index in [0.29, 0.717) is 22.5 Å². The molecular formula is C13H17Cl2NO. The zero-order valence-electron chi connectivity index (χ0n) is 9.66. The van der Waals surface area contributed by atoms with Gasteiger partial charge in [-0.2, -0.15) is 0 Å². The maximum Gasteiger partial charge on any atom is 0.121 e. The highest BCUT2D eigenvalue weighted by Crippen LogP contribution is 2.31. The molecule has 1 fully saturated rings. The van der Waals surface area contributed by atoms with E-state index in [9.17, 15) is 0 Å². The zero-order chi connectivity index (χ0) is 12.3. The van der Waals surface area contributed by atoms with Crippen molar-refractivity contribution in [1.82, 2.24) is 0 Å².